The normalized spacial score (nSPS) is 15.1. The van der Waals surface area contributed by atoms with Crippen LogP contribution in [0.2, 0.25) is 10.0 Å². The Labute approximate surface area is 145 Å². The van der Waals surface area contributed by atoms with Gasteiger partial charge in [0.25, 0.3) is 0 Å². The molecule has 0 aliphatic heterocycles. The average Bonchev–Trinajstić information content (AvgIpc) is 3.32. The van der Waals surface area contributed by atoms with Gasteiger partial charge in [0.2, 0.25) is 5.91 Å². The fraction of sp³-hybridized carbons (Fsp3) is 0.278. The number of benzene rings is 2. The molecule has 0 radical (unpaired) electrons. The van der Waals surface area contributed by atoms with Crippen LogP contribution in [0.3, 0.4) is 0 Å². The van der Waals surface area contributed by atoms with Crippen LogP contribution >= 0.6 is 23.2 Å². The van der Waals surface area contributed by atoms with Crippen molar-refractivity contribution in [3.05, 3.63) is 57.6 Å². The lowest BCUT2D eigenvalue weighted by molar-refractivity contribution is -0.118. The second kappa shape index (κ2) is 6.06. The van der Waals surface area contributed by atoms with Crippen LogP contribution in [0.5, 0.6) is 5.75 Å². The molecule has 23 heavy (non-hydrogen) atoms. The second-order valence-corrected chi connectivity index (χ2v) is 6.69. The van der Waals surface area contributed by atoms with Gasteiger partial charge in [-0.15, -0.1) is 0 Å². The van der Waals surface area contributed by atoms with E-state index in [0.717, 1.165) is 24.0 Å². The molecule has 0 unspecified atom stereocenters. The quantitative estimate of drug-likeness (QED) is 0.844. The first kappa shape index (κ1) is 16.2. The Hall–Kier alpha value is -1.71. The first-order valence-corrected chi connectivity index (χ1v) is 8.13. The van der Waals surface area contributed by atoms with E-state index < -0.39 is 5.41 Å². The highest BCUT2D eigenvalue weighted by Crippen LogP contribution is 2.49. The maximum Gasteiger partial charge on any atom is 0.235 e. The lowest BCUT2D eigenvalue weighted by atomic mass is 9.95. The number of carbonyl (C=O) groups excluding carboxylic acids is 1. The molecular weight excluding hydrogens is 333 g/mol. The summed E-state index contributed by atoms with van der Waals surface area (Å²) in [6, 6.07) is 11.0. The predicted molar refractivity (Wildman–Crippen MR) is 93.7 cm³/mol. The van der Waals surface area contributed by atoms with Crippen LogP contribution in [0.4, 0.5) is 5.69 Å². The van der Waals surface area contributed by atoms with E-state index in [1.807, 2.05) is 37.3 Å². The van der Waals surface area contributed by atoms with E-state index in [9.17, 15) is 4.79 Å². The van der Waals surface area contributed by atoms with E-state index in [4.69, 9.17) is 27.9 Å². The SMILES string of the molecule is COc1cc(Cl)c(C)cc1NC(=O)C1(c2cccc(Cl)c2)CC1. The first-order chi connectivity index (χ1) is 11.0. The van der Waals surface area contributed by atoms with E-state index >= 15 is 0 Å². The van der Waals surface area contributed by atoms with Crippen molar-refractivity contribution in [3.8, 4) is 5.75 Å². The zero-order valence-corrected chi connectivity index (χ0v) is 14.5. The van der Waals surface area contributed by atoms with Crippen molar-refractivity contribution in [1.29, 1.82) is 0 Å². The van der Waals surface area contributed by atoms with Crippen LogP contribution in [0.1, 0.15) is 24.0 Å². The highest BCUT2D eigenvalue weighted by atomic mass is 35.5. The van der Waals surface area contributed by atoms with E-state index in [1.165, 1.54) is 0 Å². The number of ether oxygens (including phenoxy) is 1. The van der Waals surface area contributed by atoms with E-state index in [-0.39, 0.29) is 5.91 Å². The Balaban J connectivity index is 1.89. The highest BCUT2D eigenvalue weighted by molar-refractivity contribution is 6.31. The maximum atomic E-state index is 12.8. The van der Waals surface area contributed by atoms with Crippen LogP contribution in [0, 0.1) is 6.92 Å². The number of carbonyl (C=O) groups is 1. The van der Waals surface area contributed by atoms with Gasteiger partial charge in [0.15, 0.2) is 0 Å². The molecule has 3 nitrogen and oxygen atoms in total. The monoisotopic (exact) mass is 349 g/mol. The minimum atomic E-state index is -0.497. The Morgan fingerprint density at radius 1 is 1.22 bits per heavy atom. The number of nitrogens with one attached hydrogen (secondary N) is 1. The summed E-state index contributed by atoms with van der Waals surface area (Å²) in [5.41, 5.74) is 1.97. The van der Waals surface area contributed by atoms with E-state index in [2.05, 4.69) is 5.32 Å². The third-order valence-electron chi connectivity index (χ3n) is 4.29. The summed E-state index contributed by atoms with van der Waals surface area (Å²) in [4.78, 5) is 12.8. The Bertz CT molecular complexity index is 770. The molecule has 1 aliphatic rings. The fourth-order valence-electron chi connectivity index (χ4n) is 2.73. The summed E-state index contributed by atoms with van der Waals surface area (Å²) in [6.07, 6.45) is 1.63. The minimum Gasteiger partial charge on any atom is -0.495 e. The summed E-state index contributed by atoms with van der Waals surface area (Å²) in [5, 5.41) is 4.23. The highest BCUT2D eigenvalue weighted by Gasteiger charge is 2.51. The number of aryl methyl sites for hydroxylation is 1. The van der Waals surface area contributed by atoms with Crippen molar-refractivity contribution in [1.82, 2.24) is 0 Å². The molecule has 120 valence electrons. The largest absolute Gasteiger partial charge is 0.495 e. The Kier molecular flexibility index (Phi) is 4.26. The number of hydrogen-bond acceptors (Lipinski definition) is 2. The van der Waals surface area contributed by atoms with Gasteiger partial charge in [-0.05, 0) is 49.1 Å². The summed E-state index contributed by atoms with van der Waals surface area (Å²) < 4.78 is 5.32. The number of halogens is 2. The summed E-state index contributed by atoms with van der Waals surface area (Å²) in [7, 11) is 1.56. The van der Waals surface area contributed by atoms with Gasteiger partial charge in [0, 0.05) is 16.1 Å². The zero-order valence-electron chi connectivity index (χ0n) is 13.0. The van der Waals surface area contributed by atoms with Crippen LogP contribution in [-0.4, -0.2) is 13.0 Å². The molecule has 1 N–H and O–H groups in total. The van der Waals surface area contributed by atoms with E-state index in [0.29, 0.717) is 21.5 Å². The third kappa shape index (κ3) is 3.04. The number of hydrogen-bond donors (Lipinski definition) is 1. The smallest absolute Gasteiger partial charge is 0.235 e. The molecule has 0 atom stereocenters. The van der Waals surface area contributed by atoms with Crippen LogP contribution in [0.25, 0.3) is 0 Å². The van der Waals surface area contributed by atoms with Gasteiger partial charge in [-0.25, -0.2) is 0 Å². The van der Waals surface area contributed by atoms with Crippen LogP contribution < -0.4 is 10.1 Å². The molecule has 1 saturated carbocycles. The number of methoxy groups -OCH3 is 1. The molecule has 1 fully saturated rings. The molecule has 0 bridgehead atoms. The average molecular weight is 350 g/mol. The van der Waals surface area contributed by atoms with Crippen molar-refractivity contribution < 1.29 is 9.53 Å². The molecule has 2 aromatic rings. The lowest BCUT2D eigenvalue weighted by Crippen LogP contribution is -2.28. The van der Waals surface area contributed by atoms with Crippen molar-refractivity contribution in [3.63, 3.8) is 0 Å². The number of rotatable bonds is 4. The fourth-order valence-corrected chi connectivity index (χ4v) is 3.07. The Morgan fingerprint density at radius 3 is 2.57 bits per heavy atom. The number of amides is 1. The lowest BCUT2D eigenvalue weighted by Gasteiger charge is -2.18. The summed E-state index contributed by atoms with van der Waals surface area (Å²) in [5.74, 6) is 0.510. The topological polar surface area (TPSA) is 38.3 Å². The second-order valence-electron chi connectivity index (χ2n) is 5.85. The van der Waals surface area contributed by atoms with Gasteiger partial charge in [0.05, 0.1) is 18.2 Å². The van der Waals surface area contributed by atoms with Crippen LogP contribution in [0.15, 0.2) is 36.4 Å². The molecule has 5 heteroatoms. The van der Waals surface area contributed by atoms with Gasteiger partial charge < -0.3 is 10.1 Å². The van der Waals surface area contributed by atoms with Gasteiger partial charge in [0.1, 0.15) is 5.75 Å². The van der Waals surface area contributed by atoms with Crippen molar-refractivity contribution >= 4 is 34.8 Å². The molecule has 0 aromatic heterocycles. The molecular formula is C18H17Cl2NO2. The molecule has 3 rings (SSSR count). The van der Waals surface area contributed by atoms with Crippen molar-refractivity contribution in [2.24, 2.45) is 0 Å². The molecule has 0 spiro atoms. The molecule has 0 saturated heterocycles. The summed E-state index contributed by atoms with van der Waals surface area (Å²) in [6.45, 7) is 1.89. The maximum absolute atomic E-state index is 12.8. The van der Waals surface area contributed by atoms with Crippen molar-refractivity contribution in [2.45, 2.75) is 25.2 Å². The first-order valence-electron chi connectivity index (χ1n) is 7.38. The standard InChI is InChI=1S/C18H17Cl2NO2/c1-11-8-15(16(23-2)10-14(11)20)21-17(22)18(6-7-18)12-4-3-5-13(19)9-12/h3-5,8-10H,6-7H2,1-2H3,(H,21,22). The van der Waals surface area contributed by atoms with Crippen molar-refractivity contribution in [2.75, 3.05) is 12.4 Å². The Morgan fingerprint density at radius 2 is 1.96 bits per heavy atom. The predicted octanol–water partition coefficient (Wildman–Crippen LogP) is 4.98. The number of anilines is 1. The zero-order chi connectivity index (χ0) is 16.6. The van der Waals surface area contributed by atoms with Gasteiger partial charge >= 0.3 is 0 Å². The van der Waals surface area contributed by atoms with Crippen LogP contribution in [-0.2, 0) is 10.2 Å². The third-order valence-corrected chi connectivity index (χ3v) is 4.93. The summed E-state index contributed by atoms with van der Waals surface area (Å²) >= 11 is 12.2. The van der Waals surface area contributed by atoms with E-state index in [1.54, 1.807) is 13.2 Å². The minimum absolute atomic E-state index is 0.0419. The molecule has 1 aliphatic carbocycles. The van der Waals surface area contributed by atoms with Gasteiger partial charge in [-0.2, -0.15) is 0 Å². The molecule has 0 heterocycles. The molecule has 1 amide bonds. The molecule has 2 aromatic carbocycles. The van der Waals surface area contributed by atoms with Gasteiger partial charge in [-0.1, -0.05) is 35.3 Å². The van der Waals surface area contributed by atoms with Gasteiger partial charge in [-0.3, -0.25) is 4.79 Å².